The van der Waals surface area contributed by atoms with Crippen LogP contribution in [0, 0.1) is 6.92 Å². The Bertz CT molecular complexity index is 1290. The lowest BCUT2D eigenvalue weighted by atomic mass is 10.1. The quantitative estimate of drug-likeness (QED) is 0.246. The van der Waals surface area contributed by atoms with Crippen LogP contribution < -0.4 is 4.90 Å². The van der Waals surface area contributed by atoms with Gasteiger partial charge in [-0.15, -0.1) is 0 Å². The molecule has 2 aromatic rings. The van der Waals surface area contributed by atoms with Crippen LogP contribution in [-0.2, 0) is 32.7 Å². The van der Waals surface area contributed by atoms with Crippen LogP contribution in [0.3, 0.4) is 0 Å². The first-order valence-electron chi connectivity index (χ1n) is 13.1. The second kappa shape index (κ2) is 13.0. The molecule has 39 heavy (non-hydrogen) atoms. The van der Waals surface area contributed by atoms with Gasteiger partial charge in [-0.2, -0.15) is 0 Å². The fraction of sp³-hybridized carbons (Fsp3) is 0.429. The molecule has 0 radical (unpaired) electrons. The smallest absolute Gasteiger partial charge is 0.378 e. The molecule has 2 amide bonds. The number of carbonyl (C=O) groups excluding carboxylic acids is 2. The van der Waals surface area contributed by atoms with Crippen LogP contribution in [0.2, 0.25) is 6.04 Å². The number of nitrogens with zero attached hydrogens (tertiary/aromatic N) is 2. The maximum Gasteiger partial charge on any atom is 0.500 e. The van der Waals surface area contributed by atoms with E-state index in [9.17, 15) is 18.0 Å². The predicted octanol–water partition coefficient (Wildman–Crippen LogP) is 4.05. The molecule has 9 nitrogen and oxygen atoms in total. The molecule has 212 valence electrons. The van der Waals surface area contributed by atoms with Gasteiger partial charge < -0.3 is 18.2 Å². The van der Waals surface area contributed by atoms with Gasteiger partial charge in [0.25, 0.3) is 11.8 Å². The number of amides is 2. The van der Waals surface area contributed by atoms with E-state index in [4.69, 9.17) is 13.3 Å². The van der Waals surface area contributed by atoms with Gasteiger partial charge in [0.2, 0.25) is 9.84 Å². The van der Waals surface area contributed by atoms with Gasteiger partial charge in [-0.1, -0.05) is 29.8 Å². The number of rotatable bonds is 14. The van der Waals surface area contributed by atoms with Crippen molar-refractivity contribution >= 4 is 41.7 Å². The van der Waals surface area contributed by atoms with E-state index in [0.29, 0.717) is 37.8 Å². The zero-order valence-corrected chi connectivity index (χ0v) is 25.3. The van der Waals surface area contributed by atoms with Crippen LogP contribution >= 0.6 is 0 Å². The number of imide groups is 1. The number of benzene rings is 2. The SMILES string of the molecule is CCO[Si](CCCN1C(=O)C(c2ccc(N(C)C)cc2)=C(S(=O)(=O)c2ccc(C)cc2)C1=O)(OCC)OCC. The molecule has 2 aromatic carbocycles. The average molecular weight is 575 g/mol. The number of anilines is 1. The molecule has 0 aliphatic carbocycles. The Morgan fingerprint density at radius 2 is 1.36 bits per heavy atom. The molecule has 1 heterocycles. The lowest BCUT2D eigenvalue weighted by Crippen LogP contribution is -2.46. The topological polar surface area (TPSA) is 102 Å². The minimum absolute atomic E-state index is 0.00579. The van der Waals surface area contributed by atoms with Crippen molar-refractivity contribution in [2.24, 2.45) is 0 Å². The van der Waals surface area contributed by atoms with Crippen molar-refractivity contribution in [1.29, 1.82) is 0 Å². The monoisotopic (exact) mass is 574 g/mol. The Morgan fingerprint density at radius 1 is 0.821 bits per heavy atom. The minimum atomic E-state index is -4.28. The second-order valence-electron chi connectivity index (χ2n) is 9.31. The zero-order valence-electron chi connectivity index (χ0n) is 23.5. The Balaban J connectivity index is 2.00. The highest BCUT2D eigenvalue weighted by molar-refractivity contribution is 7.96. The Morgan fingerprint density at radius 3 is 1.85 bits per heavy atom. The first-order chi connectivity index (χ1) is 18.5. The molecule has 3 rings (SSSR count). The molecule has 0 N–H and O–H groups in total. The van der Waals surface area contributed by atoms with Crippen molar-refractivity contribution in [3.05, 3.63) is 64.6 Å². The molecule has 0 unspecified atom stereocenters. The molecule has 0 aromatic heterocycles. The summed E-state index contributed by atoms with van der Waals surface area (Å²) in [5, 5.41) is 0. The van der Waals surface area contributed by atoms with Crippen molar-refractivity contribution in [2.75, 3.05) is 45.4 Å². The van der Waals surface area contributed by atoms with Gasteiger partial charge in [-0.25, -0.2) is 8.42 Å². The van der Waals surface area contributed by atoms with Gasteiger partial charge in [0.15, 0.2) is 4.91 Å². The van der Waals surface area contributed by atoms with Gasteiger partial charge in [-0.3, -0.25) is 14.5 Å². The largest absolute Gasteiger partial charge is 0.500 e. The van der Waals surface area contributed by atoms with E-state index in [1.54, 1.807) is 36.4 Å². The average Bonchev–Trinajstić information content (AvgIpc) is 3.15. The van der Waals surface area contributed by atoms with Crippen molar-refractivity contribution in [3.63, 3.8) is 0 Å². The summed E-state index contributed by atoms with van der Waals surface area (Å²) in [5.41, 5.74) is 2.01. The van der Waals surface area contributed by atoms with E-state index in [1.165, 1.54) is 12.1 Å². The summed E-state index contributed by atoms with van der Waals surface area (Å²) in [6.07, 6.45) is 0.342. The maximum atomic E-state index is 13.8. The number of carbonyl (C=O) groups is 2. The fourth-order valence-corrected chi connectivity index (χ4v) is 8.61. The summed E-state index contributed by atoms with van der Waals surface area (Å²) in [6.45, 7) is 8.62. The molecule has 0 fully saturated rings. The summed E-state index contributed by atoms with van der Waals surface area (Å²) >= 11 is 0. The molecule has 0 saturated heterocycles. The molecular formula is C28H38N2O7SSi. The van der Waals surface area contributed by atoms with Crippen LogP contribution in [-0.4, -0.2) is 74.4 Å². The molecule has 0 spiro atoms. The lowest BCUT2D eigenvalue weighted by Gasteiger charge is -2.29. The highest BCUT2D eigenvalue weighted by atomic mass is 32.2. The fourth-order valence-electron chi connectivity index (χ4n) is 4.48. The highest BCUT2D eigenvalue weighted by Crippen LogP contribution is 2.36. The summed E-state index contributed by atoms with van der Waals surface area (Å²) in [5.74, 6) is -1.47. The minimum Gasteiger partial charge on any atom is -0.378 e. The molecular weight excluding hydrogens is 536 g/mol. The number of hydrogen-bond donors (Lipinski definition) is 0. The van der Waals surface area contributed by atoms with E-state index < -0.39 is 35.4 Å². The van der Waals surface area contributed by atoms with E-state index >= 15 is 0 Å². The van der Waals surface area contributed by atoms with Crippen molar-refractivity contribution in [1.82, 2.24) is 4.90 Å². The third-order valence-corrected chi connectivity index (χ3v) is 11.3. The van der Waals surface area contributed by atoms with E-state index in [-0.39, 0.29) is 17.0 Å². The standard InChI is InChI=1S/C28H38N2O7SSi/c1-7-35-39(36-8-2,37-9-3)20-10-19-30-27(31)25(22-13-15-23(16-14-22)29(5)6)26(28(30)32)38(33,34)24-17-11-21(4)12-18-24/h11-18H,7-10,19-20H2,1-6H3. The third-order valence-electron chi connectivity index (χ3n) is 6.36. The first kappa shape index (κ1) is 30.7. The van der Waals surface area contributed by atoms with Crippen LogP contribution in [0.25, 0.3) is 5.57 Å². The molecule has 0 bridgehead atoms. The summed E-state index contributed by atoms with van der Waals surface area (Å²) in [6, 6.07) is 13.5. The summed E-state index contributed by atoms with van der Waals surface area (Å²) in [7, 11) is -3.53. The van der Waals surface area contributed by atoms with Gasteiger partial charge in [-0.05, 0) is 63.9 Å². The molecule has 0 atom stereocenters. The Labute approximate surface area is 232 Å². The number of aryl methyl sites for hydroxylation is 1. The lowest BCUT2D eigenvalue weighted by molar-refractivity contribution is -0.136. The van der Waals surface area contributed by atoms with Gasteiger partial charge in [0.1, 0.15) is 0 Å². The molecule has 11 heteroatoms. The molecule has 1 aliphatic heterocycles. The summed E-state index contributed by atoms with van der Waals surface area (Å²) in [4.78, 5) is 29.7. The summed E-state index contributed by atoms with van der Waals surface area (Å²) < 4.78 is 45.2. The van der Waals surface area contributed by atoms with Crippen LogP contribution in [0.4, 0.5) is 5.69 Å². The van der Waals surface area contributed by atoms with Gasteiger partial charge >= 0.3 is 8.80 Å². The van der Waals surface area contributed by atoms with Crippen LogP contribution in [0.1, 0.15) is 38.3 Å². The van der Waals surface area contributed by atoms with Crippen molar-refractivity contribution in [2.45, 2.75) is 45.1 Å². The van der Waals surface area contributed by atoms with Crippen LogP contribution in [0.5, 0.6) is 0 Å². The Kier molecular flexibility index (Phi) is 10.2. The number of sulfone groups is 1. The maximum absolute atomic E-state index is 13.8. The second-order valence-corrected chi connectivity index (χ2v) is 13.9. The molecule has 1 aliphatic rings. The number of hydrogen-bond acceptors (Lipinski definition) is 8. The molecule has 0 saturated carbocycles. The van der Waals surface area contributed by atoms with Gasteiger partial charge in [0.05, 0.1) is 10.5 Å². The van der Waals surface area contributed by atoms with Gasteiger partial charge in [0, 0.05) is 52.2 Å². The normalized spacial score (nSPS) is 14.5. The van der Waals surface area contributed by atoms with E-state index in [0.717, 1.165) is 16.2 Å². The van der Waals surface area contributed by atoms with E-state index in [1.807, 2.05) is 46.7 Å². The highest BCUT2D eigenvalue weighted by Gasteiger charge is 2.46. The third kappa shape index (κ3) is 6.67. The van der Waals surface area contributed by atoms with E-state index in [2.05, 4.69) is 0 Å². The van der Waals surface area contributed by atoms with Crippen molar-refractivity contribution in [3.8, 4) is 0 Å². The predicted molar refractivity (Wildman–Crippen MR) is 153 cm³/mol. The first-order valence-corrected chi connectivity index (χ1v) is 16.5. The zero-order chi connectivity index (χ0) is 28.8. The van der Waals surface area contributed by atoms with Crippen molar-refractivity contribution < 1.29 is 31.3 Å². The Hall–Kier alpha value is -2.83. The van der Waals surface area contributed by atoms with Crippen LogP contribution in [0.15, 0.2) is 58.3 Å².